The van der Waals surface area contributed by atoms with E-state index in [0.29, 0.717) is 57.1 Å². The molecule has 0 radical (unpaired) electrons. The van der Waals surface area contributed by atoms with Gasteiger partial charge in [0.1, 0.15) is 5.69 Å². The van der Waals surface area contributed by atoms with Gasteiger partial charge in [-0.15, -0.1) is 11.3 Å². The fraction of sp³-hybridized carbons (Fsp3) is 0.241. The average molecular weight is 578 g/mol. The lowest BCUT2D eigenvalue weighted by molar-refractivity contribution is -0.120. The number of methoxy groups -OCH3 is 2. The summed E-state index contributed by atoms with van der Waals surface area (Å²) in [6, 6.07) is 14.9. The number of carbonyl (C=O) groups is 1. The minimum Gasteiger partial charge on any atom is -0.493 e. The normalized spacial score (nSPS) is 11.1. The minimum atomic E-state index is -0.263. The Morgan fingerprint density at radius 2 is 1.85 bits per heavy atom. The fourth-order valence-corrected chi connectivity index (χ4v) is 5.74. The van der Waals surface area contributed by atoms with E-state index in [1.807, 2.05) is 49.4 Å². The Morgan fingerprint density at radius 3 is 2.60 bits per heavy atom. The van der Waals surface area contributed by atoms with Crippen LogP contribution < -0.4 is 20.3 Å². The maximum absolute atomic E-state index is 13.7. The van der Waals surface area contributed by atoms with Crippen molar-refractivity contribution in [2.45, 2.75) is 26.7 Å². The number of benzene rings is 2. The number of nitrogens with one attached hydrogen (secondary N) is 1. The van der Waals surface area contributed by atoms with Gasteiger partial charge in [-0.25, -0.2) is 9.67 Å². The number of hydrogen-bond donors (Lipinski definition) is 1. The molecule has 0 aliphatic rings. The summed E-state index contributed by atoms with van der Waals surface area (Å²) in [5, 5.41) is 9.99. The molecule has 206 valence electrons. The molecule has 5 rings (SSSR count). The molecule has 3 aromatic heterocycles. The van der Waals surface area contributed by atoms with E-state index in [2.05, 4.69) is 10.3 Å². The van der Waals surface area contributed by atoms with Crippen LogP contribution in [0.3, 0.4) is 0 Å². The van der Waals surface area contributed by atoms with Crippen molar-refractivity contribution >= 4 is 33.8 Å². The van der Waals surface area contributed by atoms with Gasteiger partial charge in [-0.1, -0.05) is 29.8 Å². The summed E-state index contributed by atoms with van der Waals surface area (Å²) in [6.07, 6.45) is 0.665. The summed E-state index contributed by atoms with van der Waals surface area (Å²) in [5.41, 5.74) is 4.32. The number of carbonyl (C=O) groups excluding carboxylic acids is 1. The molecule has 0 saturated heterocycles. The van der Waals surface area contributed by atoms with Crippen molar-refractivity contribution in [3.63, 3.8) is 0 Å². The standard InChI is InChI=1S/C29H28ClN5O4S/c1-17-13-22(33-35(17)23-8-6-5-7-21(23)30)27-18(2)32-29-34(28(27)37)20(16-40-29)15-26(36)31-12-11-19-9-10-24(38-3)25(14-19)39-4/h5-10,13-14,16H,11-12,15H2,1-4H3,(H,31,36). The molecule has 40 heavy (non-hydrogen) atoms. The van der Waals surface area contributed by atoms with Crippen LogP contribution in [0.25, 0.3) is 21.9 Å². The first-order valence-corrected chi connectivity index (χ1v) is 13.9. The van der Waals surface area contributed by atoms with Crippen LogP contribution in [0, 0.1) is 13.8 Å². The van der Waals surface area contributed by atoms with Gasteiger partial charge in [-0.05, 0) is 56.2 Å². The highest BCUT2D eigenvalue weighted by atomic mass is 35.5. The quantitative estimate of drug-likeness (QED) is 0.270. The van der Waals surface area contributed by atoms with E-state index >= 15 is 0 Å². The largest absolute Gasteiger partial charge is 0.493 e. The molecule has 3 heterocycles. The Bertz CT molecular complexity index is 1770. The first-order chi connectivity index (χ1) is 19.3. The van der Waals surface area contributed by atoms with E-state index in [9.17, 15) is 9.59 Å². The van der Waals surface area contributed by atoms with Crippen molar-refractivity contribution in [2.24, 2.45) is 0 Å². The summed E-state index contributed by atoms with van der Waals surface area (Å²) in [6.45, 7) is 4.13. The molecule has 0 fully saturated rings. The molecule has 0 spiro atoms. The Kier molecular flexibility index (Phi) is 7.90. The minimum absolute atomic E-state index is 0.0448. The van der Waals surface area contributed by atoms with Crippen LogP contribution in [0.15, 0.2) is 58.7 Å². The lowest BCUT2D eigenvalue weighted by atomic mass is 10.1. The molecular formula is C29H28ClN5O4S. The van der Waals surface area contributed by atoms with Crippen LogP contribution in [0.4, 0.5) is 0 Å². The van der Waals surface area contributed by atoms with Gasteiger partial charge in [-0.3, -0.25) is 14.0 Å². The molecule has 0 atom stereocenters. The van der Waals surface area contributed by atoms with Gasteiger partial charge in [0.15, 0.2) is 16.5 Å². The number of nitrogens with zero attached hydrogens (tertiary/aromatic N) is 4. The molecule has 5 aromatic rings. The van der Waals surface area contributed by atoms with Crippen LogP contribution >= 0.6 is 22.9 Å². The smallest absolute Gasteiger partial charge is 0.268 e. The average Bonchev–Trinajstić information content (AvgIpc) is 3.51. The number of aromatic nitrogens is 4. The number of hydrogen-bond acceptors (Lipinski definition) is 7. The van der Waals surface area contributed by atoms with Gasteiger partial charge in [0.25, 0.3) is 5.56 Å². The van der Waals surface area contributed by atoms with Crippen molar-refractivity contribution in [3.8, 4) is 28.4 Å². The Hall–Kier alpha value is -4.15. The van der Waals surface area contributed by atoms with E-state index < -0.39 is 0 Å². The lowest BCUT2D eigenvalue weighted by Gasteiger charge is -2.10. The van der Waals surface area contributed by atoms with E-state index in [4.69, 9.17) is 26.2 Å². The first kappa shape index (κ1) is 27.4. The third-order valence-corrected chi connectivity index (χ3v) is 7.76. The van der Waals surface area contributed by atoms with E-state index in [-0.39, 0.29) is 17.9 Å². The zero-order valence-corrected chi connectivity index (χ0v) is 24.1. The van der Waals surface area contributed by atoms with Crippen molar-refractivity contribution in [2.75, 3.05) is 20.8 Å². The van der Waals surface area contributed by atoms with Gasteiger partial charge in [0.2, 0.25) is 5.91 Å². The van der Waals surface area contributed by atoms with E-state index in [0.717, 1.165) is 16.9 Å². The predicted molar refractivity (Wildman–Crippen MR) is 156 cm³/mol. The lowest BCUT2D eigenvalue weighted by Crippen LogP contribution is -2.29. The van der Waals surface area contributed by atoms with Crippen molar-refractivity contribution in [1.29, 1.82) is 0 Å². The molecule has 0 aliphatic heterocycles. The van der Waals surface area contributed by atoms with Gasteiger partial charge < -0.3 is 14.8 Å². The van der Waals surface area contributed by atoms with E-state index in [1.54, 1.807) is 37.3 Å². The summed E-state index contributed by atoms with van der Waals surface area (Å²) >= 11 is 7.72. The van der Waals surface area contributed by atoms with Crippen molar-refractivity contribution in [3.05, 3.63) is 91.9 Å². The van der Waals surface area contributed by atoms with Crippen LogP contribution in [-0.4, -0.2) is 45.8 Å². The highest BCUT2D eigenvalue weighted by molar-refractivity contribution is 7.15. The molecule has 2 aromatic carbocycles. The second-order valence-electron chi connectivity index (χ2n) is 9.22. The van der Waals surface area contributed by atoms with E-state index in [1.165, 1.54) is 15.7 Å². The number of para-hydroxylation sites is 1. The number of thiazole rings is 1. The summed E-state index contributed by atoms with van der Waals surface area (Å²) in [7, 11) is 3.18. The Morgan fingerprint density at radius 1 is 1.07 bits per heavy atom. The maximum atomic E-state index is 13.7. The molecule has 11 heteroatoms. The highest BCUT2D eigenvalue weighted by Gasteiger charge is 2.20. The molecule has 0 aliphatic carbocycles. The number of ether oxygens (including phenoxy) is 2. The number of amides is 1. The summed E-state index contributed by atoms with van der Waals surface area (Å²) < 4.78 is 13.8. The second kappa shape index (κ2) is 11.5. The molecule has 0 bridgehead atoms. The first-order valence-electron chi connectivity index (χ1n) is 12.6. The second-order valence-corrected chi connectivity index (χ2v) is 10.5. The maximum Gasteiger partial charge on any atom is 0.268 e. The number of rotatable bonds is 9. The van der Waals surface area contributed by atoms with Gasteiger partial charge in [0.05, 0.1) is 42.6 Å². The molecule has 9 nitrogen and oxygen atoms in total. The topological polar surface area (TPSA) is 99.7 Å². The van der Waals surface area contributed by atoms with Crippen molar-refractivity contribution in [1.82, 2.24) is 24.5 Å². The van der Waals surface area contributed by atoms with Gasteiger partial charge in [0, 0.05) is 23.3 Å². The highest BCUT2D eigenvalue weighted by Crippen LogP contribution is 2.28. The van der Waals surface area contributed by atoms with Crippen molar-refractivity contribution < 1.29 is 14.3 Å². The SMILES string of the molecule is COc1ccc(CCNC(=O)Cc2csc3nc(C)c(-c4cc(C)n(-c5ccccc5Cl)n4)c(=O)n23)cc1OC. The number of fused-ring (bicyclic) bond motifs is 1. The zero-order chi connectivity index (χ0) is 28.4. The summed E-state index contributed by atoms with van der Waals surface area (Å²) in [4.78, 5) is 31.8. The monoisotopic (exact) mass is 577 g/mol. The summed E-state index contributed by atoms with van der Waals surface area (Å²) in [5.74, 6) is 1.10. The Labute approximate surface area is 240 Å². The predicted octanol–water partition coefficient (Wildman–Crippen LogP) is 4.80. The number of halogens is 1. The van der Waals surface area contributed by atoms with Gasteiger partial charge >= 0.3 is 0 Å². The molecular weight excluding hydrogens is 550 g/mol. The van der Waals surface area contributed by atoms with Gasteiger partial charge in [-0.2, -0.15) is 5.10 Å². The van der Waals surface area contributed by atoms with Crippen LogP contribution in [0.2, 0.25) is 5.02 Å². The molecule has 1 N–H and O–H groups in total. The molecule has 0 unspecified atom stereocenters. The molecule has 0 saturated carbocycles. The Balaban J connectivity index is 1.36. The third-order valence-electron chi connectivity index (χ3n) is 6.57. The zero-order valence-electron chi connectivity index (χ0n) is 22.5. The van der Waals surface area contributed by atoms with Crippen LogP contribution in [-0.2, 0) is 17.6 Å². The fourth-order valence-electron chi connectivity index (χ4n) is 4.60. The third kappa shape index (κ3) is 5.32. The van der Waals surface area contributed by atoms with Crippen LogP contribution in [0.5, 0.6) is 11.5 Å². The van der Waals surface area contributed by atoms with Crippen LogP contribution in [0.1, 0.15) is 22.6 Å². The molecule has 1 amide bonds. The number of aryl methyl sites for hydroxylation is 2.